The molecule has 1 aromatic heterocycles. The van der Waals surface area contributed by atoms with E-state index in [2.05, 4.69) is 5.16 Å². The summed E-state index contributed by atoms with van der Waals surface area (Å²) in [6.07, 6.45) is 2.48. The number of benzene rings is 1. The number of hydrogen-bond acceptors (Lipinski definition) is 7. The number of oxime groups is 1. The van der Waals surface area contributed by atoms with Crippen LogP contribution in [0.2, 0.25) is 0 Å². The number of nitrogens with two attached hydrogens (primary N) is 2. The third-order valence-corrected chi connectivity index (χ3v) is 6.18. The van der Waals surface area contributed by atoms with Crippen molar-refractivity contribution < 1.29 is 23.5 Å². The summed E-state index contributed by atoms with van der Waals surface area (Å²) in [5.41, 5.74) is 9.00. The van der Waals surface area contributed by atoms with Gasteiger partial charge in [0.2, 0.25) is 5.43 Å². The lowest BCUT2D eigenvalue weighted by Gasteiger charge is -2.25. The molecule has 0 spiro atoms. The zero-order valence-corrected chi connectivity index (χ0v) is 19.0. The van der Waals surface area contributed by atoms with Gasteiger partial charge in [-0.2, -0.15) is 0 Å². The lowest BCUT2D eigenvalue weighted by atomic mass is 9.88. The van der Waals surface area contributed by atoms with Gasteiger partial charge in [0.15, 0.2) is 11.6 Å². The standard InChI is InChI=1S/C21H25F2N5O4.ClH/c1-3-32-26-12-7-27(9-21(12,2)8-24)18-14(22)16(25)13-17(15(18)23)28(10-4-5-10)6-11(19(13)29)20(30)31;/h6,10H,3-5,7-9,24-25H2,1-2H3,(H,30,31);1H/b26-12+;. The Morgan fingerprint density at radius 1 is 1.36 bits per heavy atom. The maximum Gasteiger partial charge on any atom is 0.341 e. The lowest BCUT2D eigenvalue weighted by molar-refractivity contribution is 0.0694. The number of nitrogens with zero attached hydrogens (tertiary/aromatic N) is 3. The molecule has 1 atom stereocenters. The van der Waals surface area contributed by atoms with E-state index in [-0.39, 0.29) is 43.6 Å². The Balaban J connectivity index is 0.00000306. The molecule has 0 amide bonds. The molecule has 1 aromatic carbocycles. The maximum atomic E-state index is 15.9. The van der Waals surface area contributed by atoms with Gasteiger partial charge in [0, 0.05) is 30.7 Å². The molecule has 1 aliphatic carbocycles. The molecule has 1 saturated carbocycles. The number of fused-ring (bicyclic) bond motifs is 1. The first-order chi connectivity index (χ1) is 15.1. The number of pyridine rings is 1. The van der Waals surface area contributed by atoms with E-state index < -0.39 is 50.8 Å². The molecule has 180 valence electrons. The Kier molecular flexibility index (Phi) is 6.58. The molecule has 2 aliphatic rings. The zero-order chi connectivity index (χ0) is 23.4. The summed E-state index contributed by atoms with van der Waals surface area (Å²) in [5, 5.41) is 13.0. The summed E-state index contributed by atoms with van der Waals surface area (Å²) in [6.45, 7) is 4.32. The molecule has 4 rings (SSSR count). The van der Waals surface area contributed by atoms with E-state index >= 15 is 8.78 Å². The molecule has 9 nitrogen and oxygen atoms in total. The van der Waals surface area contributed by atoms with Crippen LogP contribution >= 0.6 is 12.4 Å². The Labute approximate surface area is 194 Å². The van der Waals surface area contributed by atoms with Crippen molar-refractivity contribution in [3.8, 4) is 0 Å². The monoisotopic (exact) mass is 485 g/mol. The van der Waals surface area contributed by atoms with Gasteiger partial charge >= 0.3 is 5.97 Å². The Hall–Kier alpha value is -2.92. The molecule has 5 N–H and O–H groups in total. The van der Waals surface area contributed by atoms with E-state index in [0.29, 0.717) is 25.2 Å². The normalized spacial score (nSPS) is 21.5. The van der Waals surface area contributed by atoms with Crippen LogP contribution in [0.4, 0.5) is 20.2 Å². The highest BCUT2D eigenvalue weighted by atomic mass is 35.5. The smallest absolute Gasteiger partial charge is 0.341 e. The predicted octanol–water partition coefficient (Wildman–Crippen LogP) is 2.49. The topological polar surface area (TPSA) is 136 Å². The minimum Gasteiger partial charge on any atom is -0.477 e. The van der Waals surface area contributed by atoms with Crippen LogP contribution in [-0.2, 0) is 4.84 Å². The first-order valence-electron chi connectivity index (χ1n) is 10.4. The maximum absolute atomic E-state index is 15.9. The van der Waals surface area contributed by atoms with E-state index in [1.807, 2.05) is 6.92 Å². The molecule has 1 saturated heterocycles. The molecule has 1 unspecified atom stereocenters. The van der Waals surface area contributed by atoms with Crippen molar-refractivity contribution in [2.24, 2.45) is 16.3 Å². The van der Waals surface area contributed by atoms with Gasteiger partial charge in [-0.25, -0.2) is 13.6 Å². The fraction of sp³-hybridized carbons (Fsp3) is 0.476. The highest BCUT2D eigenvalue weighted by molar-refractivity contribution is 6.02. The highest BCUT2D eigenvalue weighted by Crippen LogP contribution is 2.43. The number of carboxylic acid groups (broad SMARTS) is 1. The summed E-state index contributed by atoms with van der Waals surface area (Å²) in [5.74, 6) is -3.57. The number of hydrogen-bond donors (Lipinski definition) is 3. The van der Waals surface area contributed by atoms with E-state index in [4.69, 9.17) is 16.3 Å². The van der Waals surface area contributed by atoms with Crippen LogP contribution in [0.5, 0.6) is 0 Å². The molecule has 0 radical (unpaired) electrons. The van der Waals surface area contributed by atoms with Gasteiger partial charge in [0.1, 0.15) is 17.9 Å². The van der Waals surface area contributed by atoms with Gasteiger partial charge in [0.25, 0.3) is 0 Å². The minimum absolute atomic E-state index is 0. The molecule has 2 heterocycles. The molecule has 0 bridgehead atoms. The summed E-state index contributed by atoms with van der Waals surface area (Å²) >= 11 is 0. The second kappa shape index (κ2) is 8.79. The van der Waals surface area contributed by atoms with Crippen LogP contribution in [0.15, 0.2) is 16.1 Å². The number of anilines is 2. The van der Waals surface area contributed by atoms with E-state index in [0.717, 1.165) is 6.20 Å². The van der Waals surface area contributed by atoms with E-state index in [1.165, 1.54) is 9.47 Å². The van der Waals surface area contributed by atoms with Crippen LogP contribution in [-0.4, -0.2) is 47.6 Å². The quantitative estimate of drug-likeness (QED) is 0.422. The number of aromatic nitrogens is 1. The van der Waals surface area contributed by atoms with E-state index in [1.54, 1.807) is 6.92 Å². The van der Waals surface area contributed by atoms with E-state index in [9.17, 15) is 14.7 Å². The van der Waals surface area contributed by atoms with Gasteiger partial charge in [-0.05, 0) is 19.8 Å². The number of carbonyl (C=O) groups is 1. The molecule has 2 fully saturated rings. The minimum atomic E-state index is -1.48. The van der Waals surface area contributed by atoms with Gasteiger partial charge in [0.05, 0.1) is 28.8 Å². The van der Waals surface area contributed by atoms with Crippen LogP contribution in [0.1, 0.15) is 43.1 Å². The van der Waals surface area contributed by atoms with Crippen LogP contribution in [0, 0.1) is 17.0 Å². The van der Waals surface area contributed by atoms with Crippen molar-refractivity contribution in [3.05, 3.63) is 33.6 Å². The number of nitrogen functional groups attached to an aromatic ring is 1. The number of aromatic carboxylic acids is 1. The van der Waals surface area contributed by atoms with Crippen LogP contribution in [0.25, 0.3) is 10.9 Å². The Bertz CT molecular complexity index is 1210. The molecule has 2 aromatic rings. The van der Waals surface area contributed by atoms with Gasteiger partial charge in [-0.15, -0.1) is 12.4 Å². The molecule has 33 heavy (non-hydrogen) atoms. The van der Waals surface area contributed by atoms with Crippen molar-refractivity contribution >= 4 is 46.4 Å². The Morgan fingerprint density at radius 3 is 2.58 bits per heavy atom. The largest absolute Gasteiger partial charge is 0.477 e. The second-order valence-corrected chi connectivity index (χ2v) is 8.51. The third-order valence-electron chi connectivity index (χ3n) is 6.18. The summed E-state index contributed by atoms with van der Waals surface area (Å²) in [4.78, 5) is 30.9. The van der Waals surface area contributed by atoms with Crippen molar-refractivity contribution in [1.29, 1.82) is 0 Å². The van der Waals surface area contributed by atoms with Gasteiger partial charge in [-0.1, -0.05) is 12.1 Å². The average Bonchev–Trinajstić information content (AvgIpc) is 3.54. The summed E-state index contributed by atoms with van der Waals surface area (Å²) < 4.78 is 32.7. The van der Waals surface area contributed by atoms with Crippen molar-refractivity contribution in [2.75, 3.05) is 36.9 Å². The predicted molar refractivity (Wildman–Crippen MR) is 123 cm³/mol. The van der Waals surface area contributed by atoms with Gasteiger partial charge < -0.3 is 30.9 Å². The fourth-order valence-corrected chi connectivity index (χ4v) is 4.19. The van der Waals surface area contributed by atoms with Gasteiger partial charge in [-0.3, -0.25) is 4.79 Å². The number of rotatable bonds is 6. The number of halogens is 3. The summed E-state index contributed by atoms with van der Waals surface area (Å²) in [7, 11) is 0. The second-order valence-electron chi connectivity index (χ2n) is 8.51. The average molecular weight is 486 g/mol. The molecule has 1 aliphatic heterocycles. The Morgan fingerprint density at radius 2 is 2.03 bits per heavy atom. The van der Waals surface area contributed by atoms with Crippen molar-refractivity contribution in [2.45, 2.75) is 32.7 Å². The van der Waals surface area contributed by atoms with Crippen LogP contribution in [0.3, 0.4) is 0 Å². The highest BCUT2D eigenvalue weighted by Gasteiger charge is 2.43. The number of carboxylic acids is 1. The fourth-order valence-electron chi connectivity index (χ4n) is 4.19. The van der Waals surface area contributed by atoms with Crippen molar-refractivity contribution in [1.82, 2.24) is 4.57 Å². The lowest BCUT2D eigenvalue weighted by Crippen LogP contribution is -2.36. The SMILES string of the molecule is CCO/N=C1\CN(c2c(F)c(N)c3c(=O)c(C(=O)O)cn(C4CC4)c3c2F)CC1(C)CN.Cl. The summed E-state index contributed by atoms with van der Waals surface area (Å²) in [6, 6.07) is -0.189. The first kappa shape index (κ1) is 24.7. The third kappa shape index (κ3) is 3.89. The van der Waals surface area contributed by atoms with Crippen LogP contribution < -0.4 is 21.8 Å². The first-order valence-corrected chi connectivity index (χ1v) is 10.4. The zero-order valence-electron chi connectivity index (χ0n) is 18.2. The molecular formula is C21H26ClF2N5O4. The molecular weight excluding hydrogens is 460 g/mol. The molecule has 12 heteroatoms. The van der Waals surface area contributed by atoms with Crippen molar-refractivity contribution in [3.63, 3.8) is 0 Å².